The van der Waals surface area contributed by atoms with Gasteiger partial charge in [-0.2, -0.15) is 0 Å². The first-order valence-electron chi connectivity index (χ1n) is 9.47. The number of benzene rings is 2. The highest BCUT2D eigenvalue weighted by Gasteiger charge is 2.20. The SMILES string of the molecule is COc1ccc(-c2cn3ccnc(-c4cc(OC)c(OC)c(OC)c4)c3n2)cc1[N+](=O)[O-]. The van der Waals surface area contributed by atoms with Crippen LogP contribution < -0.4 is 18.9 Å². The minimum atomic E-state index is -0.485. The lowest BCUT2D eigenvalue weighted by Crippen LogP contribution is -1.97. The third-order valence-corrected chi connectivity index (χ3v) is 4.98. The number of hydrogen-bond acceptors (Lipinski definition) is 8. The lowest BCUT2D eigenvalue weighted by atomic mass is 10.1. The summed E-state index contributed by atoms with van der Waals surface area (Å²) in [7, 11) is 6.01. The molecule has 4 aromatic rings. The van der Waals surface area contributed by atoms with E-state index in [1.807, 2.05) is 0 Å². The molecule has 0 aliphatic rings. The van der Waals surface area contributed by atoms with E-state index < -0.39 is 4.92 Å². The van der Waals surface area contributed by atoms with Gasteiger partial charge in [-0.3, -0.25) is 15.1 Å². The Bertz CT molecular complexity index is 1290. The van der Waals surface area contributed by atoms with Crippen LogP contribution in [-0.2, 0) is 0 Å². The summed E-state index contributed by atoms with van der Waals surface area (Å²) < 4.78 is 23.2. The summed E-state index contributed by atoms with van der Waals surface area (Å²) >= 11 is 0. The number of nitro benzene ring substituents is 1. The molecule has 10 heteroatoms. The molecule has 4 rings (SSSR count). The van der Waals surface area contributed by atoms with Crippen LogP contribution in [0.15, 0.2) is 48.9 Å². The van der Waals surface area contributed by atoms with Gasteiger partial charge in [-0.1, -0.05) is 0 Å². The number of nitrogens with zero attached hydrogens (tertiary/aromatic N) is 4. The van der Waals surface area contributed by atoms with E-state index >= 15 is 0 Å². The Morgan fingerprint density at radius 2 is 1.59 bits per heavy atom. The molecule has 0 amide bonds. The van der Waals surface area contributed by atoms with Gasteiger partial charge < -0.3 is 23.3 Å². The Kier molecular flexibility index (Phi) is 5.50. The molecule has 32 heavy (non-hydrogen) atoms. The lowest BCUT2D eigenvalue weighted by molar-refractivity contribution is -0.385. The van der Waals surface area contributed by atoms with Crippen molar-refractivity contribution in [1.82, 2.24) is 14.4 Å². The second-order valence-electron chi connectivity index (χ2n) is 6.69. The summed E-state index contributed by atoms with van der Waals surface area (Å²) in [5, 5.41) is 11.4. The maximum absolute atomic E-state index is 11.4. The van der Waals surface area contributed by atoms with Gasteiger partial charge in [0.05, 0.1) is 39.1 Å². The maximum atomic E-state index is 11.4. The molecule has 0 bridgehead atoms. The predicted octanol–water partition coefficient (Wildman–Crippen LogP) is 4.01. The van der Waals surface area contributed by atoms with E-state index in [4.69, 9.17) is 23.9 Å². The monoisotopic (exact) mass is 436 g/mol. The zero-order chi connectivity index (χ0) is 22.8. The molecule has 10 nitrogen and oxygen atoms in total. The van der Waals surface area contributed by atoms with Crippen molar-refractivity contribution >= 4 is 11.3 Å². The van der Waals surface area contributed by atoms with E-state index in [1.165, 1.54) is 20.3 Å². The molecule has 0 atom stereocenters. The fraction of sp³-hybridized carbons (Fsp3) is 0.182. The minimum Gasteiger partial charge on any atom is -0.493 e. The topological polar surface area (TPSA) is 110 Å². The van der Waals surface area contributed by atoms with Crippen molar-refractivity contribution in [3.8, 4) is 45.5 Å². The molecule has 0 aliphatic heterocycles. The Labute approximate surface area is 183 Å². The summed E-state index contributed by atoms with van der Waals surface area (Å²) in [5.74, 6) is 1.63. The highest BCUT2D eigenvalue weighted by atomic mass is 16.6. The van der Waals surface area contributed by atoms with Gasteiger partial charge >= 0.3 is 5.69 Å². The van der Waals surface area contributed by atoms with Crippen molar-refractivity contribution in [2.75, 3.05) is 28.4 Å². The highest BCUT2D eigenvalue weighted by Crippen LogP contribution is 2.41. The smallest absolute Gasteiger partial charge is 0.311 e. The maximum Gasteiger partial charge on any atom is 0.311 e. The van der Waals surface area contributed by atoms with Crippen LogP contribution in [0.4, 0.5) is 5.69 Å². The van der Waals surface area contributed by atoms with Crippen LogP contribution >= 0.6 is 0 Å². The van der Waals surface area contributed by atoms with E-state index in [2.05, 4.69) is 4.98 Å². The average Bonchev–Trinajstić information content (AvgIpc) is 3.27. The molecule has 0 saturated heterocycles. The molecule has 0 fully saturated rings. The van der Waals surface area contributed by atoms with E-state index in [0.29, 0.717) is 45.4 Å². The van der Waals surface area contributed by atoms with Crippen molar-refractivity contribution in [2.45, 2.75) is 0 Å². The Hall–Kier alpha value is -4.34. The molecule has 0 unspecified atom stereocenters. The molecule has 164 valence electrons. The Morgan fingerprint density at radius 1 is 0.906 bits per heavy atom. The number of hydrogen-bond donors (Lipinski definition) is 0. The Morgan fingerprint density at radius 3 is 2.19 bits per heavy atom. The third kappa shape index (κ3) is 3.51. The summed E-state index contributed by atoms with van der Waals surface area (Å²) in [6.07, 6.45) is 5.18. The minimum absolute atomic E-state index is 0.134. The van der Waals surface area contributed by atoms with Crippen molar-refractivity contribution in [2.24, 2.45) is 0 Å². The van der Waals surface area contributed by atoms with Crippen LogP contribution in [-0.4, -0.2) is 47.7 Å². The van der Waals surface area contributed by atoms with Crippen LogP contribution in [0.5, 0.6) is 23.0 Å². The highest BCUT2D eigenvalue weighted by molar-refractivity contribution is 5.80. The summed E-state index contributed by atoms with van der Waals surface area (Å²) in [4.78, 5) is 20.1. The van der Waals surface area contributed by atoms with Crippen molar-refractivity contribution in [3.05, 3.63) is 59.0 Å². The number of aromatic nitrogens is 3. The molecule has 2 heterocycles. The first kappa shape index (κ1) is 20.9. The van der Waals surface area contributed by atoms with Gasteiger partial charge in [0.15, 0.2) is 22.9 Å². The second kappa shape index (κ2) is 8.42. The van der Waals surface area contributed by atoms with Gasteiger partial charge in [0.1, 0.15) is 5.69 Å². The average molecular weight is 436 g/mol. The number of imidazole rings is 1. The van der Waals surface area contributed by atoms with Crippen molar-refractivity contribution < 1.29 is 23.9 Å². The van der Waals surface area contributed by atoms with Crippen molar-refractivity contribution in [3.63, 3.8) is 0 Å². The van der Waals surface area contributed by atoms with Gasteiger partial charge in [-0.25, -0.2) is 4.98 Å². The number of fused-ring (bicyclic) bond motifs is 1. The zero-order valence-electron chi connectivity index (χ0n) is 17.9. The number of rotatable bonds is 7. The number of ether oxygens (including phenoxy) is 4. The standard InChI is InChI=1S/C22H20N4O6/c1-29-17-6-5-13(9-16(17)26(27)28)15-12-25-8-7-23-20(22(25)24-15)14-10-18(30-2)21(32-4)19(11-14)31-3/h5-12H,1-4H3. The predicted molar refractivity (Wildman–Crippen MR) is 117 cm³/mol. The molecule has 0 N–H and O–H groups in total. The molecular formula is C22H20N4O6. The van der Waals surface area contributed by atoms with Crippen molar-refractivity contribution in [1.29, 1.82) is 0 Å². The van der Waals surface area contributed by atoms with Crippen LogP contribution in [0.25, 0.3) is 28.2 Å². The van der Waals surface area contributed by atoms with E-state index in [1.54, 1.807) is 61.5 Å². The fourth-order valence-electron chi connectivity index (χ4n) is 3.47. The second-order valence-corrected chi connectivity index (χ2v) is 6.69. The largest absolute Gasteiger partial charge is 0.493 e. The van der Waals surface area contributed by atoms with E-state index in [-0.39, 0.29) is 11.4 Å². The van der Waals surface area contributed by atoms with E-state index in [0.717, 1.165) is 0 Å². The van der Waals surface area contributed by atoms with Crippen LogP contribution in [0.1, 0.15) is 0 Å². The van der Waals surface area contributed by atoms with Gasteiger partial charge in [-0.05, 0) is 24.3 Å². The van der Waals surface area contributed by atoms with Crippen LogP contribution in [0.2, 0.25) is 0 Å². The van der Waals surface area contributed by atoms with Gasteiger partial charge in [-0.15, -0.1) is 0 Å². The fourth-order valence-corrected chi connectivity index (χ4v) is 3.47. The summed E-state index contributed by atoms with van der Waals surface area (Å²) in [5.41, 5.74) is 2.86. The quantitative estimate of drug-likeness (QED) is 0.316. The zero-order valence-corrected chi connectivity index (χ0v) is 17.9. The molecule has 0 saturated carbocycles. The van der Waals surface area contributed by atoms with Gasteiger partial charge in [0.2, 0.25) is 5.75 Å². The molecule has 0 aliphatic carbocycles. The number of nitro groups is 1. The molecule has 0 radical (unpaired) electrons. The molecule has 0 spiro atoms. The van der Waals surface area contributed by atoms with Gasteiger partial charge in [0.25, 0.3) is 0 Å². The summed E-state index contributed by atoms with van der Waals surface area (Å²) in [6, 6.07) is 8.29. The molecule has 2 aromatic heterocycles. The molecule has 2 aromatic carbocycles. The lowest BCUT2D eigenvalue weighted by Gasteiger charge is -2.14. The van der Waals surface area contributed by atoms with E-state index in [9.17, 15) is 10.1 Å². The summed E-state index contributed by atoms with van der Waals surface area (Å²) in [6.45, 7) is 0. The Balaban J connectivity index is 1.87. The normalized spacial score (nSPS) is 10.8. The third-order valence-electron chi connectivity index (χ3n) is 4.98. The molecular weight excluding hydrogens is 416 g/mol. The van der Waals surface area contributed by atoms with Gasteiger partial charge in [0, 0.05) is 35.8 Å². The number of methoxy groups -OCH3 is 4. The van der Waals surface area contributed by atoms with Crippen LogP contribution in [0.3, 0.4) is 0 Å². The first-order chi connectivity index (χ1) is 15.5. The first-order valence-corrected chi connectivity index (χ1v) is 9.47. The van der Waals surface area contributed by atoms with Crippen LogP contribution in [0, 0.1) is 10.1 Å².